The SMILES string of the molecule is COc1cc(CN2CCNC[C@@H]2C)c([N+](=O)[O-])cc1OC(F)F.Cl. The van der Waals surface area contributed by atoms with Gasteiger partial charge < -0.3 is 14.8 Å². The third-order valence-corrected chi connectivity index (χ3v) is 3.79. The monoisotopic (exact) mass is 367 g/mol. The predicted molar refractivity (Wildman–Crippen MR) is 86.3 cm³/mol. The van der Waals surface area contributed by atoms with Crippen LogP contribution in [0.25, 0.3) is 0 Å². The lowest BCUT2D eigenvalue weighted by molar-refractivity contribution is -0.385. The highest BCUT2D eigenvalue weighted by Gasteiger charge is 2.25. The van der Waals surface area contributed by atoms with Crippen molar-refractivity contribution >= 4 is 18.1 Å². The Morgan fingerprint density at radius 3 is 2.71 bits per heavy atom. The van der Waals surface area contributed by atoms with E-state index in [1.807, 2.05) is 6.92 Å². The van der Waals surface area contributed by atoms with Crippen molar-refractivity contribution in [3.63, 3.8) is 0 Å². The summed E-state index contributed by atoms with van der Waals surface area (Å²) < 4.78 is 34.2. The van der Waals surface area contributed by atoms with Crippen LogP contribution in [-0.4, -0.2) is 49.2 Å². The molecule has 1 aromatic rings. The van der Waals surface area contributed by atoms with Gasteiger partial charge in [-0.1, -0.05) is 0 Å². The molecule has 0 radical (unpaired) electrons. The number of alkyl halides is 2. The largest absolute Gasteiger partial charge is 0.493 e. The molecule has 1 fully saturated rings. The van der Waals surface area contributed by atoms with Gasteiger partial charge in [-0.3, -0.25) is 15.0 Å². The summed E-state index contributed by atoms with van der Waals surface area (Å²) in [6.07, 6.45) is 0. The molecule has 0 aromatic heterocycles. The first kappa shape index (κ1) is 20.3. The van der Waals surface area contributed by atoms with Crippen molar-refractivity contribution in [2.75, 3.05) is 26.7 Å². The Labute approximate surface area is 144 Å². The molecule has 1 atom stereocenters. The van der Waals surface area contributed by atoms with Gasteiger partial charge in [0.2, 0.25) is 0 Å². The van der Waals surface area contributed by atoms with Gasteiger partial charge in [0.25, 0.3) is 5.69 Å². The van der Waals surface area contributed by atoms with E-state index in [1.165, 1.54) is 13.2 Å². The number of nitrogens with zero attached hydrogens (tertiary/aromatic N) is 2. The van der Waals surface area contributed by atoms with Crippen LogP contribution in [-0.2, 0) is 6.54 Å². The van der Waals surface area contributed by atoms with Crippen molar-refractivity contribution in [1.82, 2.24) is 10.2 Å². The number of halogens is 3. The number of hydrogen-bond acceptors (Lipinski definition) is 6. The highest BCUT2D eigenvalue weighted by Crippen LogP contribution is 2.36. The Hall–Kier alpha value is -1.71. The lowest BCUT2D eigenvalue weighted by atomic mass is 10.1. The van der Waals surface area contributed by atoms with Crippen LogP contribution in [0.2, 0.25) is 0 Å². The summed E-state index contributed by atoms with van der Waals surface area (Å²) in [6.45, 7) is 1.60. The molecule has 0 bridgehead atoms. The molecule has 0 amide bonds. The van der Waals surface area contributed by atoms with Gasteiger partial charge in [0.05, 0.1) is 18.1 Å². The van der Waals surface area contributed by atoms with Crippen molar-refractivity contribution in [1.29, 1.82) is 0 Å². The lowest BCUT2D eigenvalue weighted by Crippen LogP contribution is -2.49. The molecule has 0 spiro atoms. The first-order valence-electron chi connectivity index (χ1n) is 7.17. The third-order valence-electron chi connectivity index (χ3n) is 3.79. The molecule has 1 aliphatic rings. The van der Waals surface area contributed by atoms with Crippen LogP contribution in [0.15, 0.2) is 12.1 Å². The first-order chi connectivity index (χ1) is 10.9. The summed E-state index contributed by atoms with van der Waals surface area (Å²) in [4.78, 5) is 12.8. The van der Waals surface area contributed by atoms with Crippen LogP contribution in [0.5, 0.6) is 11.5 Å². The van der Waals surface area contributed by atoms with Gasteiger partial charge in [-0.15, -0.1) is 12.4 Å². The van der Waals surface area contributed by atoms with Gasteiger partial charge in [0.1, 0.15) is 0 Å². The van der Waals surface area contributed by atoms with Gasteiger partial charge in [0, 0.05) is 37.8 Å². The fourth-order valence-corrected chi connectivity index (χ4v) is 2.57. The highest BCUT2D eigenvalue weighted by molar-refractivity contribution is 5.85. The van der Waals surface area contributed by atoms with Crippen LogP contribution in [0.1, 0.15) is 12.5 Å². The molecule has 1 saturated heterocycles. The van der Waals surface area contributed by atoms with Crippen molar-refractivity contribution in [3.8, 4) is 11.5 Å². The Bertz CT molecular complexity index is 577. The first-order valence-corrected chi connectivity index (χ1v) is 7.17. The number of nitro benzene ring substituents is 1. The molecule has 1 N–H and O–H groups in total. The lowest BCUT2D eigenvalue weighted by Gasteiger charge is -2.33. The smallest absolute Gasteiger partial charge is 0.387 e. The highest BCUT2D eigenvalue weighted by atomic mass is 35.5. The zero-order valence-electron chi connectivity index (χ0n) is 13.3. The summed E-state index contributed by atoms with van der Waals surface area (Å²) in [7, 11) is 1.30. The van der Waals surface area contributed by atoms with Crippen LogP contribution < -0.4 is 14.8 Å². The summed E-state index contributed by atoms with van der Waals surface area (Å²) in [5, 5.41) is 14.5. The predicted octanol–water partition coefficient (Wildman–Crippen LogP) is 2.42. The van der Waals surface area contributed by atoms with Gasteiger partial charge in [-0.2, -0.15) is 8.78 Å². The minimum absolute atomic E-state index is 0. The fraction of sp³-hybridized carbons (Fsp3) is 0.571. The minimum atomic E-state index is -3.08. The second-order valence-electron chi connectivity index (χ2n) is 5.29. The molecule has 24 heavy (non-hydrogen) atoms. The molecule has 10 heteroatoms. The van der Waals surface area contributed by atoms with Crippen LogP contribution in [0.3, 0.4) is 0 Å². The number of nitro groups is 1. The van der Waals surface area contributed by atoms with E-state index in [2.05, 4.69) is 15.0 Å². The number of benzene rings is 1. The quantitative estimate of drug-likeness (QED) is 0.614. The number of methoxy groups -OCH3 is 1. The molecule has 0 aliphatic carbocycles. The van der Waals surface area contributed by atoms with Gasteiger partial charge >= 0.3 is 6.61 Å². The van der Waals surface area contributed by atoms with Gasteiger partial charge in [-0.25, -0.2) is 0 Å². The van der Waals surface area contributed by atoms with E-state index in [4.69, 9.17) is 4.74 Å². The number of piperazine rings is 1. The van der Waals surface area contributed by atoms with E-state index in [0.717, 1.165) is 25.7 Å². The topological polar surface area (TPSA) is 76.9 Å². The molecule has 1 aromatic carbocycles. The Morgan fingerprint density at radius 1 is 1.46 bits per heavy atom. The Balaban J connectivity index is 0.00000288. The summed E-state index contributed by atoms with van der Waals surface area (Å²) in [5.74, 6) is -0.292. The number of hydrogen-bond donors (Lipinski definition) is 1. The van der Waals surface area contributed by atoms with E-state index in [-0.39, 0.29) is 35.6 Å². The molecule has 136 valence electrons. The van der Waals surface area contributed by atoms with E-state index in [9.17, 15) is 18.9 Å². The maximum atomic E-state index is 12.4. The van der Waals surface area contributed by atoms with Crippen molar-refractivity contribution in [2.24, 2.45) is 0 Å². The van der Waals surface area contributed by atoms with Gasteiger partial charge in [0.15, 0.2) is 11.5 Å². The van der Waals surface area contributed by atoms with Crippen LogP contribution in [0.4, 0.5) is 14.5 Å². The number of rotatable bonds is 6. The van der Waals surface area contributed by atoms with E-state index in [0.29, 0.717) is 12.1 Å². The van der Waals surface area contributed by atoms with Crippen molar-refractivity contribution in [2.45, 2.75) is 26.1 Å². The second kappa shape index (κ2) is 8.95. The third kappa shape index (κ3) is 4.89. The second-order valence-corrected chi connectivity index (χ2v) is 5.29. The zero-order chi connectivity index (χ0) is 17.0. The molecular formula is C14H20ClF2N3O4. The van der Waals surface area contributed by atoms with Crippen LogP contribution >= 0.6 is 12.4 Å². The zero-order valence-corrected chi connectivity index (χ0v) is 14.1. The maximum Gasteiger partial charge on any atom is 0.387 e. The van der Waals surface area contributed by atoms with E-state index in [1.54, 1.807) is 0 Å². The average Bonchev–Trinajstić information content (AvgIpc) is 2.49. The molecule has 1 heterocycles. The van der Waals surface area contributed by atoms with Crippen molar-refractivity contribution < 1.29 is 23.2 Å². The summed E-state index contributed by atoms with van der Waals surface area (Å²) in [6, 6.07) is 2.60. The number of ether oxygens (including phenoxy) is 2. The Morgan fingerprint density at radius 2 is 2.17 bits per heavy atom. The maximum absolute atomic E-state index is 12.4. The molecule has 0 unspecified atom stereocenters. The molecule has 0 saturated carbocycles. The average molecular weight is 368 g/mol. The fourth-order valence-electron chi connectivity index (χ4n) is 2.57. The molecular weight excluding hydrogens is 348 g/mol. The Kier molecular flexibility index (Phi) is 7.59. The number of nitrogens with one attached hydrogen (secondary N) is 1. The van der Waals surface area contributed by atoms with Gasteiger partial charge in [-0.05, 0) is 13.0 Å². The standard InChI is InChI=1S/C14H19F2N3O4.ClH/c1-9-7-17-3-4-18(9)8-10-5-12(22-2)13(23-14(15)16)6-11(10)19(20)21;/h5-6,9,14,17H,3-4,7-8H2,1-2H3;1H/t9-;/m0./s1. The minimum Gasteiger partial charge on any atom is -0.493 e. The van der Waals surface area contributed by atoms with E-state index < -0.39 is 11.5 Å². The summed E-state index contributed by atoms with van der Waals surface area (Å²) in [5.41, 5.74) is 0.148. The molecule has 7 nitrogen and oxygen atoms in total. The molecule has 1 aliphatic heterocycles. The molecule has 2 rings (SSSR count). The normalized spacial score (nSPS) is 18.1. The summed E-state index contributed by atoms with van der Waals surface area (Å²) >= 11 is 0. The van der Waals surface area contributed by atoms with E-state index >= 15 is 0 Å². The van der Waals surface area contributed by atoms with Crippen LogP contribution in [0, 0.1) is 10.1 Å². The van der Waals surface area contributed by atoms with Crippen molar-refractivity contribution in [3.05, 3.63) is 27.8 Å².